The Hall–Kier alpha value is -1.16. The summed E-state index contributed by atoms with van der Waals surface area (Å²) in [6.45, 7) is 8.74. The quantitative estimate of drug-likeness (QED) is 0.669. The van der Waals surface area contributed by atoms with Gasteiger partial charge in [-0.2, -0.15) is 5.10 Å². The van der Waals surface area contributed by atoms with Gasteiger partial charge < -0.3 is 5.32 Å². The summed E-state index contributed by atoms with van der Waals surface area (Å²) in [4.78, 5) is 4.25. The van der Waals surface area contributed by atoms with Crippen molar-refractivity contribution in [2.75, 3.05) is 6.54 Å². The van der Waals surface area contributed by atoms with Crippen LogP contribution >= 0.6 is 0 Å². The first-order valence-electron chi connectivity index (χ1n) is 5.44. The Morgan fingerprint density at radius 2 is 2.40 bits per heavy atom. The minimum atomic E-state index is 0.531. The van der Waals surface area contributed by atoms with E-state index in [4.69, 9.17) is 0 Å². The molecular formula is C11H20N4. The molecular weight excluding hydrogens is 188 g/mol. The zero-order valence-corrected chi connectivity index (χ0v) is 9.58. The van der Waals surface area contributed by atoms with E-state index in [0.717, 1.165) is 37.5 Å². The van der Waals surface area contributed by atoms with Crippen LogP contribution < -0.4 is 5.32 Å². The molecule has 0 radical (unpaired) electrons. The largest absolute Gasteiger partial charge is 0.314 e. The van der Waals surface area contributed by atoms with Gasteiger partial charge in [0.25, 0.3) is 0 Å². The molecule has 15 heavy (non-hydrogen) atoms. The predicted octanol–water partition coefficient (Wildman–Crippen LogP) is 1.60. The van der Waals surface area contributed by atoms with Gasteiger partial charge in [-0.25, -0.2) is 4.98 Å². The van der Waals surface area contributed by atoms with Crippen molar-refractivity contribution in [1.82, 2.24) is 20.5 Å². The lowest BCUT2D eigenvalue weighted by Gasteiger charge is -2.11. The fourth-order valence-corrected chi connectivity index (χ4v) is 1.40. The summed E-state index contributed by atoms with van der Waals surface area (Å²) in [6.07, 6.45) is 5.03. The van der Waals surface area contributed by atoms with E-state index in [-0.39, 0.29) is 0 Å². The van der Waals surface area contributed by atoms with E-state index in [1.807, 2.05) is 13.0 Å². The van der Waals surface area contributed by atoms with E-state index in [1.165, 1.54) is 0 Å². The van der Waals surface area contributed by atoms with Crippen molar-refractivity contribution in [2.45, 2.75) is 39.2 Å². The first kappa shape index (κ1) is 11.9. The van der Waals surface area contributed by atoms with Crippen LogP contribution in [0, 0.1) is 6.92 Å². The highest BCUT2D eigenvalue weighted by Crippen LogP contribution is 1.97. The molecule has 1 aromatic heterocycles. The first-order valence-corrected chi connectivity index (χ1v) is 5.44. The number of allylic oxidation sites excluding steroid dienone is 1. The normalized spacial score (nSPS) is 12.7. The van der Waals surface area contributed by atoms with E-state index in [2.05, 4.69) is 34.0 Å². The van der Waals surface area contributed by atoms with Crippen LogP contribution in [0.25, 0.3) is 0 Å². The molecule has 4 heteroatoms. The van der Waals surface area contributed by atoms with Crippen molar-refractivity contribution in [1.29, 1.82) is 0 Å². The number of aromatic nitrogens is 3. The highest BCUT2D eigenvalue weighted by Gasteiger charge is 2.02. The minimum Gasteiger partial charge on any atom is -0.314 e. The lowest BCUT2D eigenvalue weighted by atomic mass is 10.2. The fourth-order valence-electron chi connectivity index (χ4n) is 1.40. The Morgan fingerprint density at radius 1 is 1.60 bits per heavy atom. The van der Waals surface area contributed by atoms with Crippen molar-refractivity contribution < 1.29 is 0 Å². The molecule has 0 spiro atoms. The fraction of sp³-hybridized carbons (Fsp3) is 0.636. The second-order valence-electron chi connectivity index (χ2n) is 3.81. The number of nitrogens with zero attached hydrogens (tertiary/aromatic N) is 2. The van der Waals surface area contributed by atoms with Gasteiger partial charge in [0.05, 0.1) is 0 Å². The Labute approximate surface area is 91.2 Å². The maximum absolute atomic E-state index is 4.25. The van der Waals surface area contributed by atoms with Crippen LogP contribution in [0.1, 0.15) is 31.4 Å². The molecule has 1 atom stereocenters. The topological polar surface area (TPSA) is 53.6 Å². The third-order valence-electron chi connectivity index (χ3n) is 2.29. The summed E-state index contributed by atoms with van der Waals surface area (Å²) >= 11 is 0. The lowest BCUT2D eigenvalue weighted by Crippen LogP contribution is -2.28. The van der Waals surface area contributed by atoms with Crippen LogP contribution in [0.5, 0.6) is 0 Å². The number of aryl methyl sites for hydroxylation is 1. The van der Waals surface area contributed by atoms with E-state index < -0.39 is 0 Å². The Morgan fingerprint density at radius 3 is 3.00 bits per heavy atom. The van der Waals surface area contributed by atoms with Gasteiger partial charge in [-0.3, -0.25) is 5.10 Å². The zero-order valence-electron chi connectivity index (χ0n) is 9.58. The molecule has 0 saturated carbocycles. The van der Waals surface area contributed by atoms with Crippen LogP contribution in [-0.4, -0.2) is 27.8 Å². The molecule has 4 nitrogen and oxygen atoms in total. The van der Waals surface area contributed by atoms with Crippen LogP contribution in [0.4, 0.5) is 0 Å². The molecule has 0 aromatic carbocycles. The molecule has 0 aliphatic heterocycles. The molecule has 0 saturated heterocycles. The van der Waals surface area contributed by atoms with E-state index >= 15 is 0 Å². The van der Waals surface area contributed by atoms with Crippen molar-refractivity contribution in [3.8, 4) is 0 Å². The SMILES string of the molecule is C=CCCC(C)NCCc1n[nH]c(C)n1. The molecule has 0 fully saturated rings. The summed E-state index contributed by atoms with van der Waals surface area (Å²) < 4.78 is 0. The van der Waals surface area contributed by atoms with E-state index in [0.29, 0.717) is 6.04 Å². The molecule has 0 aliphatic rings. The second kappa shape index (κ2) is 6.35. The van der Waals surface area contributed by atoms with Gasteiger partial charge in [0.2, 0.25) is 0 Å². The van der Waals surface area contributed by atoms with E-state index in [9.17, 15) is 0 Å². The maximum atomic E-state index is 4.25. The Kier molecular flexibility index (Phi) is 5.04. The summed E-state index contributed by atoms with van der Waals surface area (Å²) in [5, 5.41) is 10.4. The molecule has 0 aliphatic carbocycles. The summed E-state index contributed by atoms with van der Waals surface area (Å²) in [7, 11) is 0. The van der Waals surface area contributed by atoms with Gasteiger partial charge in [0.1, 0.15) is 5.82 Å². The monoisotopic (exact) mass is 208 g/mol. The number of H-pyrrole nitrogens is 1. The van der Waals surface area contributed by atoms with Gasteiger partial charge in [-0.1, -0.05) is 6.08 Å². The molecule has 1 heterocycles. The van der Waals surface area contributed by atoms with Gasteiger partial charge in [-0.15, -0.1) is 6.58 Å². The summed E-state index contributed by atoms with van der Waals surface area (Å²) in [5.74, 6) is 1.76. The van der Waals surface area contributed by atoms with Gasteiger partial charge >= 0.3 is 0 Å². The number of hydrogen-bond donors (Lipinski definition) is 2. The minimum absolute atomic E-state index is 0.531. The highest BCUT2D eigenvalue weighted by molar-refractivity contribution is 4.88. The third kappa shape index (κ3) is 4.74. The molecule has 2 N–H and O–H groups in total. The Bertz CT molecular complexity index is 293. The average molecular weight is 208 g/mol. The average Bonchev–Trinajstić information content (AvgIpc) is 2.61. The summed E-state index contributed by atoms with van der Waals surface area (Å²) in [5.41, 5.74) is 0. The molecule has 0 amide bonds. The first-order chi connectivity index (χ1) is 7.22. The maximum Gasteiger partial charge on any atom is 0.151 e. The molecule has 1 rings (SSSR count). The van der Waals surface area contributed by atoms with E-state index in [1.54, 1.807) is 0 Å². The van der Waals surface area contributed by atoms with Crippen LogP contribution in [-0.2, 0) is 6.42 Å². The standard InChI is InChI=1S/C11H20N4/c1-4-5-6-9(2)12-8-7-11-13-10(3)14-15-11/h4,9,12H,1,5-8H2,2-3H3,(H,13,14,15). The van der Waals surface area contributed by atoms with Gasteiger partial charge in [-0.05, 0) is 26.7 Å². The van der Waals surface area contributed by atoms with Gasteiger partial charge in [0, 0.05) is 19.0 Å². The van der Waals surface area contributed by atoms with Crippen LogP contribution in [0.3, 0.4) is 0 Å². The van der Waals surface area contributed by atoms with Gasteiger partial charge in [0.15, 0.2) is 5.82 Å². The third-order valence-corrected chi connectivity index (χ3v) is 2.29. The molecule has 1 unspecified atom stereocenters. The van der Waals surface area contributed by atoms with Crippen LogP contribution in [0.15, 0.2) is 12.7 Å². The van der Waals surface area contributed by atoms with Crippen molar-refractivity contribution in [3.63, 3.8) is 0 Å². The number of aromatic amines is 1. The summed E-state index contributed by atoms with van der Waals surface area (Å²) in [6, 6.07) is 0.531. The zero-order chi connectivity index (χ0) is 11.1. The van der Waals surface area contributed by atoms with Crippen molar-refractivity contribution >= 4 is 0 Å². The second-order valence-corrected chi connectivity index (χ2v) is 3.81. The van der Waals surface area contributed by atoms with Crippen LogP contribution in [0.2, 0.25) is 0 Å². The van der Waals surface area contributed by atoms with Crippen molar-refractivity contribution in [3.05, 3.63) is 24.3 Å². The molecule has 0 bridgehead atoms. The predicted molar refractivity (Wildman–Crippen MR) is 61.7 cm³/mol. The van der Waals surface area contributed by atoms with Crippen molar-refractivity contribution in [2.24, 2.45) is 0 Å². The smallest absolute Gasteiger partial charge is 0.151 e. The number of rotatable bonds is 7. The number of hydrogen-bond acceptors (Lipinski definition) is 3. The highest BCUT2D eigenvalue weighted by atomic mass is 15.2. The Balaban J connectivity index is 2.13. The molecule has 1 aromatic rings. The lowest BCUT2D eigenvalue weighted by molar-refractivity contribution is 0.518. The number of nitrogens with one attached hydrogen (secondary N) is 2. The molecule has 84 valence electrons.